The minimum atomic E-state index is -0.283. The summed E-state index contributed by atoms with van der Waals surface area (Å²) < 4.78 is 13.5. The Morgan fingerprint density at radius 1 is 1.08 bits per heavy atom. The highest BCUT2D eigenvalue weighted by Gasteiger charge is 2.47. The van der Waals surface area contributed by atoms with Crippen molar-refractivity contribution >= 4 is 11.8 Å². The standard InChI is InChI=1S/C19H20FN3O2/c20-17-6-2-1-5-14(17)7-9-22-18(24)15-10-16(15)19(25)23-12-13-4-3-8-21-11-13/h1-6,8,11,15-16H,7,9-10,12H2,(H,22,24)(H,23,25). The highest BCUT2D eigenvalue weighted by molar-refractivity contribution is 5.92. The van der Waals surface area contributed by atoms with E-state index in [0.717, 1.165) is 5.56 Å². The maximum absolute atomic E-state index is 13.5. The Morgan fingerprint density at radius 2 is 1.84 bits per heavy atom. The first kappa shape index (κ1) is 17.1. The second-order valence-corrected chi connectivity index (χ2v) is 6.16. The van der Waals surface area contributed by atoms with Gasteiger partial charge in [0, 0.05) is 25.5 Å². The first-order valence-corrected chi connectivity index (χ1v) is 8.33. The number of amides is 2. The monoisotopic (exact) mass is 341 g/mol. The Labute approximate surface area is 145 Å². The molecule has 2 aromatic rings. The number of benzene rings is 1. The zero-order valence-corrected chi connectivity index (χ0v) is 13.7. The third-order valence-corrected chi connectivity index (χ3v) is 4.30. The molecule has 0 bridgehead atoms. The van der Waals surface area contributed by atoms with Gasteiger partial charge in [-0.25, -0.2) is 4.39 Å². The summed E-state index contributed by atoms with van der Waals surface area (Å²) in [7, 11) is 0. The maximum atomic E-state index is 13.5. The maximum Gasteiger partial charge on any atom is 0.224 e. The Hall–Kier alpha value is -2.76. The first-order chi connectivity index (χ1) is 12.1. The predicted octanol–water partition coefficient (Wildman–Crippen LogP) is 1.83. The SMILES string of the molecule is O=C(NCCc1ccccc1F)C1CC1C(=O)NCc1cccnc1. The fourth-order valence-corrected chi connectivity index (χ4v) is 2.75. The van der Waals surface area contributed by atoms with Crippen LogP contribution in [0.25, 0.3) is 0 Å². The lowest BCUT2D eigenvalue weighted by Crippen LogP contribution is -2.31. The van der Waals surface area contributed by atoms with Gasteiger partial charge >= 0.3 is 0 Å². The number of rotatable bonds is 7. The average molecular weight is 341 g/mol. The van der Waals surface area contributed by atoms with Crippen molar-refractivity contribution in [2.24, 2.45) is 11.8 Å². The van der Waals surface area contributed by atoms with Gasteiger partial charge in [-0.2, -0.15) is 0 Å². The number of halogens is 1. The van der Waals surface area contributed by atoms with Gasteiger partial charge in [0.1, 0.15) is 5.82 Å². The van der Waals surface area contributed by atoms with Gasteiger partial charge in [-0.1, -0.05) is 24.3 Å². The van der Waals surface area contributed by atoms with Gasteiger partial charge in [0.25, 0.3) is 0 Å². The molecule has 3 rings (SSSR count). The fourth-order valence-electron chi connectivity index (χ4n) is 2.75. The van der Waals surface area contributed by atoms with Crippen molar-refractivity contribution < 1.29 is 14.0 Å². The summed E-state index contributed by atoms with van der Waals surface area (Å²) >= 11 is 0. The Bertz CT molecular complexity index is 751. The second-order valence-electron chi connectivity index (χ2n) is 6.16. The van der Waals surface area contributed by atoms with Crippen LogP contribution < -0.4 is 10.6 Å². The van der Waals surface area contributed by atoms with E-state index in [1.54, 1.807) is 30.6 Å². The number of aromatic nitrogens is 1. The number of hydrogen-bond donors (Lipinski definition) is 2. The van der Waals surface area contributed by atoms with Crippen LogP contribution in [0.1, 0.15) is 17.5 Å². The van der Waals surface area contributed by atoms with Gasteiger partial charge in [0.05, 0.1) is 11.8 Å². The number of carbonyl (C=O) groups is 2. The van der Waals surface area contributed by atoms with Crippen LogP contribution in [-0.4, -0.2) is 23.3 Å². The molecule has 1 aliphatic rings. The number of nitrogens with one attached hydrogen (secondary N) is 2. The van der Waals surface area contributed by atoms with Crippen molar-refractivity contribution in [1.29, 1.82) is 0 Å². The van der Waals surface area contributed by atoms with Crippen LogP contribution in [0.15, 0.2) is 48.8 Å². The van der Waals surface area contributed by atoms with Crippen molar-refractivity contribution in [1.82, 2.24) is 15.6 Å². The number of pyridine rings is 1. The van der Waals surface area contributed by atoms with Crippen LogP contribution in [0.3, 0.4) is 0 Å². The molecule has 2 unspecified atom stereocenters. The van der Waals surface area contributed by atoms with E-state index in [1.165, 1.54) is 6.07 Å². The molecular weight excluding hydrogens is 321 g/mol. The van der Waals surface area contributed by atoms with Gasteiger partial charge in [-0.15, -0.1) is 0 Å². The van der Waals surface area contributed by atoms with Crippen LogP contribution in [0.4, 0.5) is 4.39 Å². The van der Waals surface area contributed by atoms with Crippen molar-refractivity contribution in [3.05, 3.63) is 65.7 Å². The molecule has 2 atom stereocenters. The molecule has 130 valence electrons. The summed E-state index contributed by atoms with van der Waals surface area (Å²) in [6.07, 6.45) is 4.36. The van der Waals surface area contributed by atoms with Gasteiger partial charge in [0.15, 0.2) is 0 Å². The normalized spacial score (nSPS) is 18.4. The van der Waals surface area contributed by atoms with E-state index in [9.17, 15) is 14.0 Å². The average Bonchev–Trinajstić information content (AvgIpc) is 3.43. The number of hydrogen-bond acceptors (Lipinski definition) is 3. The third kappa shape index (κ3) is 4.62. The molecule has 0 radical (unpaired) electrons. The fraction of sp³-hybridized carbons (Fsp3) is 0.316. The lowest BCUT2D eigenvalue weighted by molar-refractivity contribution is -0.127. The second kappa shape index (κ2) is 7.88. The molecule has 1 aromatic carbocycles. The molecule has 0 aliphatic heterocycles. The Balaban J connectivity index is 1.38. The summed E-state index contributed by atoms with van der Waals surface area (Å²) in [5, 5.41) is 5.61. The number of carbonyl (C=O) groups excluding carboxylic acids is 2. The molecule has 2 N–H and O–H groups in total. The van der Waals surface area contributed by atoms with Crippen molar-refractivity contribution in [3.63, 3.8) is 0 Å². The highest BCUT2D eigenvalue weighted by Crippen LogP contribution is 2.38. The van der Waals surface area contributed by atoms with E-state index in [4.69, 9.17) is 0 Å². The van der Waals surface area contributed by atoms with Gasteiger partial charge < -0.3 is 10.6 Å². The molecule has 25 heavy (non-hydrogen) atoms. The van der Waals surface area contributed by atoms with Gasteiger partial charge in [-0.05, 0) is 36.1 Å². The molecule has 1 heterocycles. The largest absolute Gasteiger partial charge is 0.356 e. The zero-order valence-electron chi connectivity index (χ0n) is 13.7. The molecule has 1 saturated carbocycles. The molecule has 1 aliphatic carbocycles. The third-order valence-electron chi connectivity index (χ3n) is 4.30. The Kier molecular flexibility index (Phi) is 5.38. The molecular formula is C19H20FN3O2. The predicted molar refractivity (Wildman–Crippen MR) is 90.8 cm³/mol. The first-order valence-electron chi connectivity index (χ1n) is 8.33. The van der Waals surface area contributed by atoms with Crippen LogP contribution in [0, 0.1) is 17.7 Å². The van der Waals surface area contributed by atoms with Crippen molar-refractivity contribution in [2.75, 3.05) is 6.54 Å². The number of nitrogens with zero attached hydrogens (tertiary/aromatic N) is 1. The quantitative estimate of drug-likeness (QED) is 0.807. The van der Waals surface area contributed by atoms with E-state index in [0.29, 0.717) is 31.5 Å². The highest BCUT2D eigenvalue weighted by atomic mass is 19.1. The van der Waals surface area contributed by atoms with Crippen LogP contribution in [0.2, 0.25) is 0 Å². The zero-order chi connectivity index (χ0) is 17.6. The van der Waals surface area contributed by atoms with Crippen molar-refractivity contribution in [3.8, 4) is 0 Å². The lowest BCUT2D eigenvalue weighted by Gasteiger charge is -2.07. The van der Waals surface area contributed by atoms with Crippen molar-refractivity contribution in [2.45, 2.75) is 19.4 Å². The summed E-state index contributed by atoms with van der Waals surface area (Å²) in [5.74, 6) is -1.08. The molecule has 0 saturated heterocycles. The van der Waals surface area contributed by atoms with Crippen LogP contribution in [-0.2, 0) is 22.6 Å². The van der Waals surface area contributed by atoms with E-state index in [-0.39, 0.29) is 29.5 Å². The van der Waals surface area contributed by atoms with E-state index in [1.807, 2.05) is 12.1 Å². The van der Waals surface area contributed by atoms with Crippen LogP contribution >= 0.6 is 0 Å². The summed E-state index contributed by atoms with van der Waals surface area (Å²) in [6.45, 7) is 0.769. The molecule has 1 fully saturated rings. The molecule has 2 amide bonds. The minimum absolute atomic E-state index is 0.113. The molecule has 6 heteroatoms. The van der Waals surface area contributed by atoms with Gasteiger partial charge in [0.2, 0.25) is 11.8 Å². The molecule has 1 aromatic heterocycles. The van der Waals surface area contributed by atoms with Crippen LogP contribution in [0.5, 0.6) is 0 Å². The Morgan fingerprint density at radius 3 is 2.56 bits per heavy atom. The summed E-state index contributed by atoms with van der Waals surface area (Å²) in [4.78, 5) is 28.1. The van der Waals surface area contributed by atoms with E-state index >= 15 is 0 Å². The smallest absolute Gasteiger partial charge is 0.224 e. The van der Waals surface area contributed by atoms with E-state index in [2.05, 4.69) is 15.6 Å². The summed E-state index contributed by atoms with van der Waals surface area (Å²) in [6, 6.07) is 10.2. The topological polar surface area (TPSA) is 71.1 Å². The summed E-state index contributed by atoms with van der Waals surface area (Å²) in [5.41, 5.74) is 1.49. The minimum Gasteiger partial charge on any atom is -0.356 e. The molecule has 5 nitrogen and oxygen atoms in total. The lowest BCUT2D eigenvalue weighted by atomic mass is 10.1. The molecule has 0 spiro atoms. The van der Waals surface area contributed by atoms with E-state index < -0.39 is 0 Å². The van der Waals surface area contributed by atoms with Gasteiger partial charge in [-0.3, -0.25) is 14.6 Å².